The summed E-state index contributed by atoms with van der Waals surface area (Å²) in [4.78, 5) is 12.0. The van der Waals surface area contributed by atoms with Crippen molar-refractivity contribution in [3.05, 3.63) is 35.9 Å². The van der Waals surface area contributed by atoms with Crippen molar-refractivity contribution in [1.82, 2.24) is 0 Å². The molecule has 3 unspecified atom stereocenters. The van der Waals surface area contributed by atoms with Crippen molar-refractivity contribution in [2.24, 2.45) is 11.8 Å². The fourth-order valence-electron chi connectivity index (χ4n) is 6.19. The molecule has 3 saturated heterocycles. The first-order chi connectivity index (χ1) is 16.7. The van der Waals surface area contributed by atoms with Crippen LogP contribution in [0.4, 0.5) is 0 Å². The van der Waals surface area contributed by atoms with E-state index in [9.17, 15) is 4.79 Å². The lowest BCUT2D eigenvalue weighted by molar-refractivity contribution is -0.201. The van der Waals surface area contributed by atoms with E-state index < -0.39 is 0 Å². The van der Waals surface area contributed by atoms with Gasteiger partial charge in [-0.25, -0.2) is 0 Å². The third kappa shape index (κ3) is 6.39. The highest BCUT2D eigenvalue weighted by molar-refractivity contribution is 5.72. The fraction of sp³-hybridized carbons (Fsp3) is 0.750. The highest BCUT2D eigenvalue weighted by Crippen LogP contribution is 2.46. The number of carbonyl (C=O) groups excluding carboxylic acids is 1. The van der Waals surface area contributed by atoms with Gasteiger partial charge >= 0.3 is 5.97 Å². The third-order valence-electron chi connectivity index (χ3n) is 8.02. The Morgan fingerprint density at radius 2 is 1.71 bits per heavy atom. The summed E-state index contributed by atoms with van der Waals surface area (Å²) in [5.41, 5.74) is 1.34. The van der Waals surface area contributed by atoms with Crippen LogP contribution in [0, 0.1) is 11.8 Å². The van der Waals surface area contributed by atoms with Crippen LogP contribution in [0.1, 0.15) is 76.2 Å². The topological polar surface area (TPSA) is 63.2 Å². The number of rotatable bonds is 10. The molecule has 34 heavy (non-hydrogen) atoms. The number of benzene rings is 1. The van der Waals surface area contributed by atoms with E-state index in [1.165, 1.54) is 12.0 Å². The van der Waals surface area contributed by atoms with Crippen molar-refractivity contribution in [2.45, 2.75) is 108 Å². The molecule has 0 aromatic heterocycles. The number of ether oxygens (including phenoxy) is 5. The summed E-state index contributed by atoms with van der Waals surface area (Å²) < 4.78 is 30.4. The molecule has 0 N–H and O–H groups in total. The van der Waals surface area contributed by atoms with E-state index >= 15 is 0 Å². The first-order valence-electron chi connectivity index (χ1n) is 13.5. The maximum Gasteiger partial charge on any atom is 0.306 e. The average molecular weight is 473 g/mol. The molecule has 6 nitrogen and oxygen atoms in total. The van der Waals surface area contributed by atoms with Crippen molar-refractivity contribution >= 4 is 5.97 Å². The molecule has 1 saturated carbocycles. The summed E-state index contributed by atoms with van der Waals surface area (Å²) in [6.07, 6.45) is 11.7. The lowest BCUT2D eigenvalue weighted by Gasteiger charge is -2.32. The quantitative estimate of drug-likeness (QED) is 0.438. The summed E-state index contributed by atoms with van der Waals surface area (Å²) in [6, 6.07) is 10.6. The van der Waals surface area contributed by atoms with Crippen molar-refractivity contribution in [3.8, 4) is 0 Å². The predicted molar refractivity (Wildman–Crippen MR) is 127 cm³/mol. The molecule has 5 rings (SSSR count). The zero-order valence-corrected chi connectivity index (χ0v) is 20.3. The van der Waals surface area contributed by atoms with E-state index in [0.717, 1.165) is 77.4 Å². The zero-order chi connectivity index (χ0) is 23.2. The van der Waals surface area contributed by atoms with Crippen LogP contribution in [0.25, 0.3) is 0 Å². The minimum absolute atomic E-state index is 0.00328. The molecular weight excluding hydrogens is 432 g/mol. The Hall–Kier alpha value is -1.47. The second-order valence-corrected chi connectivity index (χ2v) is 10.4. The maximum absolute atomic E-state index is 12.0. The van der Waals surface area contributed by atoms with Gasteiger partial charge in [-0.2, -0.15) is 0 Å². The van der Waals surface area contributed by atoms with Crippen molar-refractivity contribution in [2.75, 3.05) is 13.2 Å². The molecule has 7 atom stereocenters. The Labute approximate surface area is 203 Å². The lowest BCUT2D eigenvalue weighted by atomic mass is 9.86. The molecule has 4 fully saturated rings. The summed E-state index contributed by atoms with van der Waals surface area (Å²) in [7, 11) is 0. The number of aryl methyl sites for hydroxylation is 1. The minimum Gasteiger partial charge on any atom is -0.462 e. The van der Waals surface area contributed by atoms with Gasteiger partial charge in [0.05, 0.1) is 18.6 Å². The highest BCUT2D eigenvalue weighted by Gasteiger charge is 2.51. The Kier molecular flexibility index (Phi) is 8.54. The van der Waals surface area contributed by atoms with E-state index in [1.54, 1.807) is 0 Å². The molecular formula is C28H40O6. The smallest absolute Gasteiger partial charge is 0.306 e. The van der Waals surface area contributed by atoms with Gasteiger partial charge in [-0.15, -0.1) is 0 Å². The van der Waals surface area contributed by atoms with Gasteiger partial charge < -0.3 is 23.7 Å². The molecule has 6 heteroatoms. The van der Waals surface area contributed by atoms with E-state index in [2.05, 4.69) is 30.3 Å². The first kappa shape index (κ1) is 24.2. The van der Waals surface area contributed by atoms with E-state index in [1.807, 2.05) is 0 Å². The van der Waals surface area contributed by atoms with Crippen LogP contribution >= 0.6 is 0 Å². The van der Waals surface area contributed by atoms with Gasteiger partial charge in [0.1, 0.15) is 6.10 Å². The molecule has 3 aliphatic heterocycles. The first-order valence-corrected chi connectivity index (χ1v) is 13.5. The molecule has 1 aromatic carbocycles. The van der Waals surface area contributed by atoms with Crippen LogP contribution < -0.4 is 0 Å². The van der Waals surface area contributed by atoms with Gasteiger partial charge in [-0.3, -0.25) is 4.79 Å². The van der Waals surface area contributed by atoms with Gasteiger partial charge in [-0.1, -0.05) is 30.3 Å². The highest BCUT2D eigenvalue weighted by atomic mass is 16.7. The van der Waals surface area contributed by atoms with Crippen molar-refractivity contribution in [1.29, 1.82) is 0 Å². The van der Waals surface area contributed by atoms with Crippen LogP contribution in [0.15, 0.2) is 30.3 Å². The number of hydrogen-bond acceptors (Lipinski definition) is 6. The molecule has 188 valence electrons. The fourth-order valence-corrected chi connectivity index (χ4v) is 6.19. The van der Waals surface area contributed by atoms with E-state index in [0.29, 0.717) is 12.3 Å². The third-order valence-corrected chi connectivity index (χ3v) is 8.02. The average Bonchev–Trinajstić information content (AvgIpc) is 3.38. The van der Waals surface area contributed by atoms with Gasteiger partial charge in [0.25, 0.3) is 0 Å². The summed E-state index contributed by atoms with van der Waals surface area (Å²) in [6.45, 7) is 1.57. The number of esters is 1. The van der Waals surface area contributed by atoms with Gasteiger partial charge in [0.15, 0.2) is 12.6 Å². The predicted octanol–water partition coefficient (Wildman–Crippen LogP) is 5.17. The summed E-state index contributed by atoms with van der Waals surface area (Å²) in [5.74, 6) is 0.499. The summed E-state index contributed by atoms with van der Waals surface area (Å²) >= 11 is 0. The second kappa shape index (κ2) is 12.0. The summed E-state index contributed by atoms with van der Waals surface area (Å²) in [5, 5.41) is 0. The number of carbonyl (C=O) groups is 1. The van der Waals surface area contributed by atoms with Gasteiger partial charge in [0.2, 0.25) is 0 Å². The molecule has 0 bridgehead atoms. The Bertz CT molecular complexity index is 757. The Morgan fingerprint density at radius 1 is 0.941 bits per heavy atom. The molecule has 1 aliphatic carbocycles. The van der Waals surface area contributed by atoms with Crippen LogP contribution in [-0.2, 0) is 34.9 Å². The SMILES string of the molecule is O=C1C[C@H]2[C@H](CC(OC3CCCCO3)[C@@H]2CC[C@H](CCc2ccccc2)OC2CCCCO2)O1. The van der Waals surface area contributed by atoms with Crippen molar-refractivity contribution in [3.63, 3.8) is 0 Å². The Morgan fingerprint density at radius 3 is 2.44 bits per heavy atom. The van der Waals surface area contributed by atoms with Gasteiger partial charge in [-0.05, 0) is 75.7 Å². The molecule has 4 aliphatic rings. The number of fused-ring (bicyclic) bond motifs is 1. The normalized spacial score (nSPS) is 34.5. The largest absolute Gasteiger partial charge is 0.462 e. The standard InChI is InChI=1S/C28H40O6/c29-26-18-23-22(24(19-25(23)33-26)34-28-11-5-7-17-31-28)15-14-21(32-27-10-4-6-16-30-27)13-12-20-8-2-1-3-9-20/h1-3,8-9,21-25,27-28H,4-7,10-19H2/t21-,22+,23+,24?,25-,27?,28?/m0/s1. The van der Waals surface area contributed by atoms with Gasteiger partial charge in [0, 0.05) is 25.6 Å². The van der Waals surface area contributed by atoms with Crippen LogP contribution in [0.2, 0.25) is 0 Å². The van der Waals surface area contributed by atoms with E-state index in [4.69, 9.17) is 23.7 Å². The second-order valence-electron chi connectivity index (χ2n) is 10.4. The van der Waals surface area contributed by atoms with Crippen molar-refractivity contribution < 1.29 is 28.5 Å². The van der Waals surface area contributed by atoms with E-state index in [-0.39, 0.29) is 42.8 Å². The molecule has 1 aromatic rings. The molecule has 3 heterocycles. The number of hydrogen-bond donors (Lipinski definition) is 0. The van der Waals surface area contributed by atoms with Crippen LogP contribution in [0.3, 0.4) is 0 Å². The molecule has 0 amide bonds. The molecule has 0 spiro atoms. The van der Waals surface area contributed by atoms with Crippen LogP contribution in [0.5, 0.6) is 0 Å². The monoisotopic (exact) mass is 472 g/mol. The minimum atomic E-state index is -0.114. The maximum atomic E-state index is 12.0. The zero-order valence-electron chi connectivity index (χ0n) is 20.3. The molecule has 0 radical (unpaired) electrons. The van der Waals surface area contributed by atoms with Crippen LogP contribution in [-0.4, -0.2) is 50.1 Å². The Balaban J connectivity index is 1.22. The lowest BCUT2D eigenvalue weighted by Crippen LogP contribution is -2.33.